The van der Waals surface area contributed by atoms with Gasteiger partial charge in [0.15, 0.2) is 0 Å². The molecule has 5 heteroatoms. The lowest BCUT2D eigenvalue weighted by atomic mass is 9.88. The van der Waals surface area contributed by atoms with Gasteiger partial charge in [-0.15, -0.1) is 0 Å². The third kappa shape index (κ3) is 6.59. The van der Waals surface area contributed by atoms with Crippen LogP contribution in [-0.2, 0) is 9.53 Å². The molecule has 0 N–H and O–H groups in total. The van der Waals surface area contributed by atoms with Crippen LogP contribution in [0.1, 0.15) is 61.3 Å². The zero-order valence-corrected chi connectivity index (χ0v) is 16.1. The first kappa shape index (κ1) is 21.3. The van der Waals surface area contributed by atoms with Gasteiger partial charge in [-0.25, -0.2) is 0 Å². The van der Waals surface area contributed by atoms with Crippen LogP contribution < -0.4 is 0 Å². The minimum absolute atomic E-state index is 0.0284. The van der Waals surface area contributed by atoms with Gasteiger partial charge in [-0.3, -0.25) is 9.59 Å². The molecule has 0 saturated carbocycles. The Kier molecular flexibility index (Phi) is 9.81. The molecule has 0 spiro atoms. The lowest BCUT2D eigenvalue weighted by Gasteiger charge is -2.34. The van der Waals surface area contributed by atoms with E-state index in [1.165, 1.54) is 11.8 Å². The van der Waals surface area contributed by atoms with Crippen LogP contribution in [0.5, 0.6) is 0 Å². The second-order valence-electron chi connectivity index (χ2n) is 6.45. The van der Waals surface area contributed by atoms with Crippen molar-refractivity contribution < 1.29 is 14.3 Å². The van der Waals surface area contributed by atoms with E-state index in [2.05, 4.69) is 27.7 Å². The maximum atomic E-state index is 12.7. The summed E-state index contributed by atoms with van der Waals surface area (Å²) in [5, 5.41) is -0.0284. The Labute approximate surface area is 140 Å². The van der Waals surface area contributed by atoms with Crippen molar-refractivity contribution >= 4 is 23.0 Å². The molecule has 0 aromatic heterocycles. The summed E-state index contributed by atoms with van der Waals surface area (Å²) in [6.07, 6.45) is 1.31. The Bertz CT molecular complexity index is 342. The number of hydrogen-bond donors (Lipinski definition) is 0. The van der Waals surface area contributed by atoms with Gasteiger partial charge < -0.3 is 9.64 Å². The molecule has 0 saturated heterocycles. The molecule has 0 atom stereocenters. The van der Waals surface area contributed by atoms with Crippen LogP contribution in [-0.4, -0.2) is 40.6 Å². The van der Waals surface area contributed by atoms with E-state index < -0.39 is 4.75 Å². The molecular formula is C17H33NO3S. The average molecular weight is 332 g/mol. The number of ether oxygens (including phenoxy) is 1. The number of rotatable bonds is 9. The molecule has 1 amide bonds. The molecular weight excluding hydrogens is 298 g/mol. The fraction of sp³-hybridized carbons (Fsp3) is 0.882. The van der Waals surface area contributed by atoms with E-state index in [-0.39, 0.29) is 11.2 Å². The minimum Gasteiger partial charge on any atom is -0.465 e. The fourth-order valence-electron chi connectivity index (χ4n) is 2.67. The monoisotopic (exact) mass is 331 g/mol. The highest BCUT2D eigenvalue weighted by Gasteiger charge is 2.44. The van der Waals surface area contributed by atoms with Gasteiger partial charge in [-0.1, -0.05) is 27.7 Å². The third-order valence-electron chi connectivity index (χ3n) is 3.43. The van der Waals surface area contributed by atoms with Gasteiger partial charge in [0.25, 0.3) is 5.24 Å². The van der Waals surface area contributed by atoms with Crippen molar-refractivity contribution in [2.24, 2.45) is 11.8 Å². The fourth-order valence-corrected chi connectivity index (χ4v) is 4.37. The molecule has 0 unspecified atom stereocenters. The normalized spacial score (nSPS) is 11.9. The number of esters is 1. The maximum Gasteiger partial charge on any atom is 0.322 e. The van der Waals surface area contributed by atoms with Crippen LogP contribution in [0.4, 0.5) is 4.79 Å². The van der Waals surface area contributed by atoms with Gasteiger partial charge in [-0.2, -0.15) is 0 Å². The summed E-state index contributed by atoms with van der Waals surface area (Å²) < 4.78 is 4.55. The second-order valence-corrected chi connectivity index (χ2v) is 7.79. The number of amides is 1. The lowest BCUT2D eigenvalue weighted by molar-refractivity contribution is -0.147. The molecule has 0 aliphatic carbocycles. The van der Waals surface area contributed by atoms with E-state index >= 15 is 0 Å². The van der Waals surface area contributed by atoms with Crippen LogP contribution in [0.15, 0.2) is 0 Å². The standard InChI is InChI=1S/C17H33NO3S/c1-8-18(9-2)16(20)22-17(11-13(4)5,12-14(6)7)15(19)21-10-3/h13-14H,8-12H2,1-7H3. The van der Waals surface area contributed by atoms with Gasteiger partial charge >= 0.3 is 5.97 Å². The Morgan fingerprint density at radius 3 is 1.77 bits per heavy atom. The third-order valence-corrected chi connectivity index (χ3v) is 4.75. The van der Waals surface area contributed by atoms with Crippen molar-refractivity contribution in [3.05, 3.63) is 0 Å². The molecule has 0 bridgehead atoms. The van der Waals surface area contributed by atoms with Gasteiger partial charge in [-0.05, 0) is 57.2 Å². The van der Waals surface area contributed by atoms with E-state index in [0.29, 0.717) is 44.4 Å². The number of carbonyl (C=O) groups is 2. The Balaban J connectivity index is 5.49. The molecule has 0 aromatic carbocycles. The molecule has 0 aliphatic rings. The summed E-state index contributed by atoms with van der Waals surface area (Å²) in [5.41, 5.74) is 0. The summed E-state index contributed by atoms with van der Waals surface area (Å²) in [4.78, 5) is 27.0. The molecule has 0 radical (unpaired) electrons. The van der Waals surface area contributed by atoms with Gasteiger partial charge in [0.1, 0.15) is 4.75 Å². The zero-order chi connectivity index (χ0) is 17.3. The van der Waals surface area contributed by atoms with E-state index in [4.69, 9.17) is 4.74 Å². The van der Waals surface area contributed by atoms with E-state index in [0.717, 1.165) is 0 Å². The van der Waals surface area contributed by atoms with Crippen LogP contribution in [0.2, 0.25) is 0 Å². The van der Waals surface area contributed by atoms with Crippen molar-refractivity contribution in [1.29, 1.82) is 0 Å². The number of nitrogens with zero attached hydrogens (tertiary/aromatic N) is 1. The van der Waals surface area contributed by atoms with Gasteiger partial charge in [0.05, 0.1) is 6.61 Å². The van der Waals surface area contributed by atoms with Crippen molar-refractivity contribution in [2.45, 2.75) is 66.1 Å². The molecule has 0 rings (SSSR count). The Morgan fingerprint density at radius 1 is 1.00 bits per heavy atom. The summed E-state index contributed by atoms with van der Waals surface area (Å²) >= 11 is 1.17. The van der Waals surface area contributed by atoms with E-state index in [1.54, 1.807) is 4.90 Å². The molecule has 0 aliphatic heterocycles. The van der Waals surface area contributed by atoms with Gasteiger partial charge in [0, 0.05) is 13.1 Å². The van der Waals surface area contributed by atoms with Gasteiger partial charge in [0.2, 0.25) is 0 Å². The summed E-state index contributed by atoms with van der Waals surface area (Å²) in [5.74, 6) is 0.392. The van der Waals surface area contributed by atoms with E-state index in [1.807, 2.05) is 20.8 Å². The Hall–Kier alpha value is -0.710. The quantitative estimate of drug-likeness (QED) is 0.580. The second kappa shape index (κ2) is 10.1. The van der Waals surface area contributed by atoms with E-state index in [9.17, 15) is 9.59 Å². The van der Waals surface area contributed by atoms with Crippen molar-refractivity contribution in [3.8, 4) is 0 Å². The molecule has 130 valence electrons. The first-order chi connectivity index (χ1) is 10.2. The summed E-state index contributed by atoms with van der Waals surface area (Å²) in [6, 6.07) is 0. The van der Waals surface area contributed by atoms with Crippen LogP contribution in [0.3, 0.4) is 0 Å². The smallest absolute Gasteiger partial charge is 0.322 e. The highest BCUT2D eigenvalue weighted by Crippen LogP contribution is 2.40. The summed E-state index contributed by atoms with van der Waals surface area (Å²) in [6.45, 7) is 15.7. The first-order valence-electron chi connectivity index (χ1n) is 8.37. The Morgan fingerprint density at radius 2 is 1.45 bits per heavy atom. The van der Waals surface area contributed by atoms with Crippen molar-refractivity contribution in [2.75, 3.05) is 19.7 Å². The summed E-state index contributed by atoms with van der Waals surface area (Å²) in [7, 11) is 0. The highest BCUT2D eigenvalue weighted by atomic mass is 32.2. The maximum absolute atomic E-state index is 12.7. The zero-order valence-electron chi connectivity index (χ0n) is 15.3. The molecule has 4 nitrogen and oxygen atoms in total. The SMILES string of the molecule is CCOC(=O)C(CC(C)C)(CC(C)C)SC(=O)N(CC)CC. The topological polar surface area (TPSA) is 46.6 Å². The molecule has 22 heavy (non-hydrogen) atoms. The molecule has 0 fully saturated rings. The predicted molar refractivity (Wildman–Crippen MR) is 94.2 cm³/mol. The number of hydrogen-bond acceptors (Lipinski definition) is 4. The number of carbonyl (C=O) groups excluding carboxylic acids is 2. The first-order valence-corrected chi connectivity index (χ1v) is 9.19. The highest BCUT2D eigenvalue weighted by molar-refractivity contribution is 8.15. The lowest BCUT2D eigenvalue weighted by Crippen LogP contribution is -2.43. The van der Waals surface area contributed by atoms with Crippen LogP contribution >= 0.6 is 11.8 Å². The van der Waals surface area contributed by atoms with Crippen LogP contribution in [0.25, 0.3) is 0 Å². The minimum atomic E-state index is -0.780. The number of thioether (sulfide) groups is 1. The van der Waals surface area contributed by atoms with Crippen LogP contribution in [0, 0.1) is 11.8 Å². The molecule has 0 heterocycles. The predicted octanol–water partition coefficient (Wildman–Crippen LogP) is 4.58. The van der Waals surface area contributed by atoms with Crippen molar-refractivity contribution in [1.82, 2.24) is 4.90 Å². The average Bonchev–Trinajstić information content (AvgIpc) is 2.38. The molecule has 0 aromatic rings. The largest absolute Gasteiger partial charge is 0.465 e. The van der Waals surface area contributed by atoms with Crippen molar-refractivity contribution in [3.63, 3.8) is 0 Å².